The van der Waals surface area contributed by atoms with Gasteiger partial charge in [-0.05, 0) is 7.05 Å². The van der Waals surface area contributed by atoms with Crippen molar-refractivity contribution >= 4 is 11.6 Å². The number of anilines is 2. The minimum absolute atomic E-state index is 0.614. The lowest BCUT2D eigenvalue weighted by molar-refractivity contribution is 0.311. The van der Waals surface area contributed by atoms with Crippen LogP contribution in [0.1, 0.15) is 0 Å². The molecule has 2 N–H and O–H groups in total. The SMILES string of the molecule is CN1CCN(c2ncc(N)cn2)CC1. The molecule has 76 valence electrons. The summed E-state index contributed by atoms with van der Waals surface area (Å²) in [4.78, 5) is 12.9. The molecular formula is C9H15N5. The molecular weight excluding hydrogens is 178 g/mol. The highest BCUT2D eigenvalue weighted by molar-refractivity contribution is 5.38. The van der Waals surface area contributed by atoms with Gasteiger partial charge in [-0.2, -0.15) is 0 Å². The maximum Gasteiger partial charge on any atom is 0.225 e. The van der Waals surface area contributed by atoms with Gasteiger partial charge in [-0.1, -0.05) is 0 Å². The van der Waals surface area contributed by atoms with Crippen molar-refractivity contribution in [1.82, 2.24) is 14.9 Å². The summed E-state index contributed by atoms with van der Waals surface area (Å²) in [5, 5.41) is 0. The first-order valence-electron chi connectivity index (χ1n) is 4.77. The Morgan fingerprint density at radius 2 is 1.71 bits per heavy atom. The third kappa shape index (κ3) is 1.93. The summed E-state index contributed by atoms with van der Waals surface area (Å²) in [6.45, 7) is 4.10. The van der Waals surface area contributed by atoms with Gasteiger partial charge in [-0.15, -0.1) is 0 Å². The second-order valence-electron chi connectivity index (χ2n) is 3.61. The van der Waals surface area contributed by atoms with Crippen molar-refractivity contribution in [1.29, 1.82) is 0 Å². The van der Waals surface area contributed by atoms with Gasteiger partial charge in [0.15, 0.2) is 0 Å². The highest BCUT2D eigenvalue weighted by Gasteiger charge is 2.15. The van der Waals surface area contributed by atoms with Crippen LogP contribution in [0.5, 0.6) is 0 Å². The molecule has 0 bridgehead atoms. The van der Waals surface area contributed by atoms with Crippen LogP contribution in [0.3, 0.4) is 0 Å². The van der Waals surface area contributed by atoms with E-state index in [0.717, 1.165) is 32.1 Å². The Morgan fingerprint density at radius 1 is 1.14 bits per heavy atom. The van der Waals surface area contributed by atoms with Gasteiger partial charge >= 0.3 is 0 Å². The molecule has 2 rings (SSSR count). The first-order chi connectivity index (χ1) is 6.75. The Balaban J connectivity index is 2.05. The molecule has 1 aromatic heterocycles. The average molecular weight is 193 g/mol. The fourth-order valence-electron chi connectivity index (χ4n) is 1.50. The number of piperazine rings is 1. The quantitative estimate of drug-likeness (QED) is 0.670. The zero-order valence-corrected chi connectivity index (χ0v) is 8.35. The predicted octanol–water partition coefficient (Wildman–Crippen LogP) is -0.189. The number of rotatable bonds is 1. The predicted molar refractivity (Wildman–Crippen MR) is 56.2 cm³/mol. The fraction of sp³-hybridized carbons (Fsp3) is 0.556. The summed E-state index contributed by atoms with van der Waals surface area (Å²) in [5.74, 6) is 0.785. The normalized spacial score (nSPS) is 18.5. The zero-order chi connectivity index (χ0) is 9.97. The molecule has 5 heteroatoms. The van der Waals surface area contributed by atoms with Crippen molar-refractivity contribution in [2.75, 3.05) is 43.9 Å². The van der Waals surface area contributed by atoms with Gasteiger partial charge in [0.1, 0.15) is 0 Å². The molecule has 5 nitrogen and oxygen atoms in total. The molecule has 0 saturated carbocycles. The van der Waals surface area contributed by atoms with Crippen LogP contribution in [-0.4, -0.2) is 48.1 Å². The Hall–Kier alpha value is -1.36. The summed E-state index contributed by atoms with van der Waals surface area (Å²) in [7, 11) is 2.13. The van der Waals surface area contributed by atoms with Gasteiger partial charge in [0.05, 0.1) is 18.1 Å². The number of hydrogen-bond donors (Lipinski definition) is 1. The lowest BCUT2D eigenvalue weighted by Crippen LogP contribution is -2.45. The van der Waals surface area contributed by atoms with E-state index in [9.17, 15) is 0 Å². The number of likely N-dealkylation sites (N-methyl/N-ethyl adjacent to an activating group) is 1. The van der Waals surface area contributed by atoms with E-state index in [1.54, 1.807) is 12.4 Å². The van der Waals surface area contributed by atoms with Crippen LogP contribution in [0.25, 0.3) is 0 Å². The third-order valence-corrected chi connectivity index (χ3v) is 2.44. The summed E-state index contributed by atoms with van der Waals surface area (Å²) in [6.07, 6.45) is 3.31. The van der Waals surface area contributed by atoms with Gasteiger partial charge in [-0.25, -0.2) is 9.97 Å². The molecule has 1 aliphatic heterocycles. The number of nitrogen functional groups attached to an aromatic ring is 1. The smallest absolute Gasteiger partial charge is 0.225 e. The zero-order valence-electron chi connectivity index (χ0n) is 8.35. The van der Waals surface area contributed by atoms with E-state index in [1.807, 2.05) is 0 Å². The van der Waals surface area contributed by atoms with E-state index in [0.29, 0.717) is 5.69 Å². The lowest BCUT2D eigenvalue weighted by Gasteiger charge is -2.32. The summed E-state index contributed by atoms with van der Waals surface area (Å²) in [6, 6.07) is 0. The Kier molecular flexibility index (Phi) is 2.49. The molecule has 1 fully saturated rings. The van der Waals surface area contributed by atoms with Crippen molar-refractivity contribution in [2.45, 2.75) is 0 Å². The van der Waals surface area contributed by atoms with E-state index >= 15 is 0 Å². The van der Waals surface area contributed by atoms with Crippen LogP contribution in [0.4, 0.5) is 11.6 Å². The van der Waals surface area contributed by atoms with Crippen LogP contribution in [0, 0.1) is 0 Å². The molecule has 0 amide bonds. The van der Waals surface area contributed by atoms with Gasteiger partial charge in [0.2, 0.25) is 5.95 Å². The van der Waals surface area contributed by atoms with Crippen LogP contribution in [0.15, 0.2) is 12.4 Å². The van der Waals surface area contributed by atoms with Crippen molar-refractivity contribution in [3.05, 3.63) is 12.4 Å². The van der Waals surface area contributed by atoms with Gasteiger partial charge in [0.25, 0.3) is 0 Å². The molecule has 1 aliphatic rings. The number of nitrogens with zero attached hydrogens (tertiary/aromatic N) is 4. The molecule has 0 aromatic carbocycles. The third-order valence-electron chi connectivity index (χ3n) is 2.44. The van der Waals surface area contributed by atoms with Crippen molar-refractivity contribution in [2.24, 2.45) is 0 Å². The first-order valence-corrected chi connectivity index (χ1v) is 4.77. The molecule has 2 heterocycles. The number of hydrogen-bond acceptors (Lipinski definition) is 5. The molecule has 14 heavy (non-hydrogen) atoms. The molecule has 0 aliphatic carbocycles. The van der Waals surface area contributed by atoms with E-state index in [-0.39, 0.29) is 0 Å². The van der Waals surface area contributed by atoms with E-state index in [4.69, 9.17) is 5.73 Å². The van der Waals surface area contributed by atoms with E-state index in [2.05, 4.69) is 26.8 Å². The topological polar surface area (TPSA) is 58.3 Å². The number of nitrogens with two attached hydrogens (primary N) is 1. The second kappa shape index (κ2) is 3.79. The highest BCUT2D eigenvalue weighted by Crippen LogP contribution is 2.10. The first kappa shape index (κ1) is 9.21. The summed E-state index contributed by atoms with van der Waals surface area (Å²) >= 11 is 0. The molecule has 0 spiro atoms. The van der Waals surface area contributed by atoms with Crippen LogP contribution in [0.2, 0.25) is 0 Å². The minimum Gasteiger partial charge on any atom is -0.396 e. The van der Waals surface area contributed by atoms with Gasteiger partial charge in [-0.3, -0.25) is 0 Å². The lowest BCUT2D eigenvalue weighted by atomic mass is 10.3. The fourth-order valence-corrected chi connectivity index (χ4v) is 1.50. The average Bonchev–Trinajstić information content (AvgIpc) is 2.21. The molecule has 0 radical (unpaired) electrons. The maximum absolute atomic E-state index is 5.53. The van der Waals surface area contributed by atoms with E-state index < -0.39 is 0 Å². The molecule has 0 unspecified atom stereocenters. The summed E-state index contributed by atoms with van der Waals surface area (Å²) < 4.78 is 0. The minimum atomic E-state index is 0.614. The van der Waals surface area contributed by atoms with E-state index in [1.165, 1.54) is 0 Å². The Morgan fingerprint density at radius 3 is 2.29 bits per heavy atom. The monoisotopic (exact) mass is 193 g/mol. The van der Waals surface area contributed by atoms with Gasteiger partial charge in [0, 0.05) is 26.2 Å². The Bertz CT molecular complexity index is 289. The van der Waals surface area contributed by atoms with Crippen molar-refractivity contribution in [3.63, 3.8) is 0 Å². The largest absolute Gasteiger partial charge is 0.396 e. The summed E-state index contributed by atoms with van der Waals surface area (Å²) in [5.41, 5.74) is 6.14. The second-order valence-corrected chi connectivity index (χ2v) is 3.61. The number of aromatic nitrogens is 2. The highest BCUT2D eigenvalue weighted by atomic mass is 15.3. The molecule has 1 saturated heterocycles. The maximum atomic E-state index is 5.53. The van der Waals surface area contributed by atoms with Crippen molar-refractivity contribution < 1.29 is 0 Å². The van der Waals surface area contributed by atoms with Crippen molar-refractivity contribution in [3.8, 4) is 0 Å². The van der Waals surface area contributed by atoms with Crippen LogP contribution < -0.4 is 10.6 Å². The van der Waals surface area contributed by atoms with Gasteiger partial charge < -0.3 is 15.5 Å². The van der Waals surface area contributed by atoms with Crippen LogP contribution >= 0.6 is 0 Å². The van der Waals surface area contributed by atoms with Crippen LogP contribution in [-0.2, 0) is 0 Å². The Labute approximate surface area is 83.5 Å². The molecule has 0 atom stereocenters. The standard InChI is InChI=1S/C9H15N5/c1-13-2-4-14(5-3-13)9-11-6-8(10)7-12-9/h6-7H,2-5,10H2,1H3. The molecule has 1 aromatic rings.